The van der Waals surface area contributed by atoms with Crippen LogP contribution in [0.4, 0.5) is 0 Å². The summed E-state index contributed by atoms with van der Waals surface area (Å²) < 4.78 is 1.88. The molecule has 0 atom stereocenters. The normalized spacial score (nSPS) is 14.4. The molecule has 1 aliphatic rings. The number of benzene rings is 1. The van der Waals surface area contributed by atoms with E-state index in [1.807, 2.05) is 6.07 Å². The van der Waals surface area contributed by atoms with Crippen molar-refractivity contribution in [3.63, 3.8) is 0 Å². The second-order valence-corrected chi connectivity index (χ2v) is 7.80. The van der Waals surface area contributed by atoms with Crippen molar-refractivity contribution in [2.24, 2.45) is 0 Å². The minimum absolute atomic E-state index is 0.00852. The number of rotatable bonds is 2. The lowest BCUT2D eigenvalue weighted by atomic mass is 10.1. The Bertz CT molecular complexity index is 594. The molecule has 5 heteroatoms. The quantitative estimate of drug-likeness (QED) is 0.805. The van der Waals surface area contributed by atoms with E-state index in [1.165, 1.54) is 22.5 Å². The van der Waals surface area contributed by atoms with Crippen molar-refractivity contribution >= 4 is 49.1 Å². The number of fused-ring (bicyclic) bond motifs is 1. The van der Waals surface area contributed by atoms with E-state index in [9.17, 15) is 4.79 Å². The number of nitrogens with one attached hydrogen (secondary N) is 1. The molecule has 19 heavy (non-hydrogen) atoms. The van der Waals surface area contributed by atoms with Crippen molar-refractivity contribution < 1.29 is 4.79 Å². The molecule has 0 bridgehead atoms. The van der Waals surface area contributed by atoms with Gasteiger partial charge in [-0.15, -0.1) is 11.3 Å². The molecule has 98 valence electrons. The lowest BCUT2D eigenvalue weighted by molar-refractivity contribution is 0.0942. The van der Waals surface area contributed by atoms with E-state index in [1.54, 1.807) is 0 Å². The molecule has 1 amide bonds. The van der Waals surface area contributed by atoms with Crippen LogP contribution in [0.25, 0.3) is 0 Å². The molecular weight excluding hydrogens is 390 g/mol. The molecule has 0 radical (unpaired) electrons. The number of amides is 1. The number of hydrogen-bond donors (Lipinski definition) is 1. The maximum atomic E-state index is 12.2. The minimum atomic E-state index is 0.00852. The van der Waals surface area contributed by atoms with Crippen molar-refractivity contribution in [3.8, 4) is 0 Å². The second kappa shape index (κ2) is 5.38. The van der Waals surface area contributed by atoms with Crippen LogP contribution in [0, 0.1) is 0 Å². The Morgan fingerprint density at radius 2 is 1.84 bits per heavy atom. The second-order valence-electron chi connectivity index (χ2n) is 4.58. The summed E-state index contributed by atoms with van der Waals surface area (Å²) in [5.74, 6) is 0.00852. The highest BCUT2D eigenvalue weighted by Gasteiger charge is 2.23. The summed E-state index contributed by atoms with van der Waals surface area (Å²) in [7, 11) is 0. The van der Waals surface area contributed by atoms with Crippen LogP contribution in [0.5, 0.6) is 0 Å². The van der Waals surface area contributed by atoms with E-state index in [0.717, 1.165) is 26.0 Å². The first-order valence-electron chi connectivity index (χ1n) is 5.96. The molecule has 3 rings (SSSR count). The van der Waals surface area contributed by atoms with Crippen molar-refractivity contribution in [1.29, 1.82) is 0 Å². The van der Waals surface area contributed by atoms with Crippen LogP contribution in [0.15, 0.2) is 38.6 Å². The predicted octanol–water partition coefficient (Wildman–Crippen LogP) is 4.17. The number of hydrogen-bond acceptors (Lipinski definition) is 2. The number of carbonyl (C=O) groups is 1. The average Bonchev–Trinajstić information content (AvgIpc) is 2.93. The van der Waals surface area contributed by atoms with Gasteiger partial charge in [0.25, 0.3) is 5.91 Å². The van der Waals surface area contributed by atoms with Gasteiger partial charge in [-0.05, 0) is 61.9 Å². The zero-order valence-corrected chi connectivity index (χ0v) is 13.9. The van der Waals surface area contributed by atoms with Gasteiger partial charge in [0.05, 0.1) is 8.66 Å². The van der Waals surface area contributed by atoms with E-state index < -0.39 is 0 Å². The topological polar surface area (TPSA) is 29.1 Å². The zero-order chi connectivity index (χ0) is 13.4. The molecule has 1 N–H and O–H groups in total. The molecule has 1 aromatic carbocycles. The summed E-state index contributed by atoms with van der Waals surface area (Å²) >= 11 is 8.26. The highest BCUT2D eigenvalue weighted by molar-refractivity contribution is 9.13. The van der Waals surface area contributed by atoms with Gasteiger partial charge in [-0.3, -0.25) is 4.79 Å². The van der Waals surface area contributed by atoms with Crippen molar-refractivity contribution in [1.82, 2.24) is 5.32 Å². The molecule has 1 heterocycles. The first-order valence-corrected chi connectivity index (χ1v) is 8.36. The van der Waals surface area contributed by atoms with Crippen molar-refractivity contribution in [3.05, 3.63) is 54.6 Å². The smallest absolute Gasteiger partial charge is 0.261 e. The highest BCUT2D eigenvalue weighted by atomic mass is 79.9. The molecule has 1 aromatic heterocycles. The lowest BCUT2D eigenvalue weighted by Gasteiger charge is -2.10. The Balaban J connectivity index is 1.69. The van der Waals surface area contributed by atoms with E-state index in [4.69, 9.17) is 0 Å². The Labute approximate surface area is 132 Å². The summed E-state index contributed by atoms with van der Waals surface area (Å²) in [6.45, 7) is 0. The number of carbonyl (C=O) groups excluding carboxylic acids is 1. The fourth-order valence-electron chi connectivity index (χ4n) is 2.38. The van der Waals surface area contributed by atoms with Crippen molar-refractivity contribution in [2.45, 2.75) is 18.9 Å². The standard InChI is InChI=1S/C14H11Br2NOS/c15-11-7-12(19-13(11)16)14(18)17-10-5-8-3-1-2-4-9(8)6-10/h1-4,7,10H,5-6H2,(H,17,18). The van der Waals surface area contributed by atoms with E-state index in [2.05, 4.69) is 61.4 Å². The third kappa shape index (κ3) is 2.78. The Kier molecular flexibility index (Phi) is 3.78. The van der Waals surface area contributed by atoms with Gasteiger partial charge in [0, 0.05) is 10.5 Å². The van der Waals surface area contributed by atoms with Gasteiger partial charge in [0.15, 0.2) is 0 Å². The summed E-state index contributed by atoms with van der Waals surface area (Å²) in [6, 6.07) is 10.4. The Morgan fingerprint density at radius 1 is 1.21 bits per heavy atom. The van der Waals surface area contributed by atoms with Crippen LogP contribution in [-0.2, 0) is 12.8 Å². The monoisotopic (exact) mass is 399 g/mol. The zero-order valence-electron chi connectivity index (χ0n) is 9.95. The van der Waals surface area contributed by atoms with Crippen LogP contribution >= 0.6 is 43.2 Å². The van der Waals surface area contributed by atoms with Gasteiger partial charge in [-0.1, -0.05) is 24.3 Å². The molecule has 0 aliphatic heterocycles. The fraction of sp³-hybridized carbons (Fsp3) is 0.214. The minimum Gasteiger partial charge on any atom is -0.348 e. The summed E-state index contributed by atoms with van der Waals surface area (Å²) in [4.78, 5) is 12.9. The van der Waals surface area contributed by atoms with Gasteiger partial charge in [0.2, 0.25) is 0 Å². The van der Waals surface area contributed by atoms with Crippen LogP contribution in [-0.4, -0.2) is 11.9 Å². The number of thiophene rings is 1. The van der Waals surface area contributed by atoms with Gasteiger partial charge in [-0.2, -0.15) is 0 Å². The maximum Gasteiger partial charge on any atom is 0.261 e. The largest absolute Gasteiger partial charge is 0.348 e. The van der Waals surface area contributed by atoms with Gasteiger partial charge in [-0.25, -0.2) is 0 Å². The molecular formula is C14H11Br2NOS. The fourth-order valence-corrected chi connectivity index (χ4v) is 4.31. The molecule has 2 nitrogen and oxygen atoms in total. The summed E-state index contributed by atoms with van der Waals surface area (Å²) in [5, 5.41) is 3.11. The van der Waals surface area contributed by atoms with E-state index in [-0.39, 0.29) is 11.9 Å². The summed E-state index contributed by atoms with van der Waals surface area (Å²) in [6.07, 6.45) is 1.85. The van der Waals surface area contributed by atoms with E-state index in [0.29, 0.717) is 0 Å². The highest BCUT2D eigenvalue weighted by Crippen LogP contribution is 2.32. The van der Waals surface area contributed by atoms with Crippen LogP contribution in [0.3, 0.4) is 0 Å². The van der Waals surface area contributed by atoms with Gasteiger partial charge >= 0.3 is 0 Å². The van der Waals surface area contributed by atoms with Crippen molar-refractivity contribution in [2.75, 3.05) is 0 Å². The molecule has 1 aliphatic carbocycles. The Hall–Kier alpha value is -0.650. The SMILES string of the molecule is O=C(NC1Cc2ccccc2C1)c1cc(Br)c(Br)s1. The van der Waals surface area contributed by atoms with E-state index >= 15 is 0 Å². The Morgan fingerprint density at radius 3 is 2.37 bits per heavy atom. The third-order valence-electron chi connectivity index (χ3n) is 3.26. The average molecular weight is 401 g/mol. The maximum absolute atomic E-state index is 12.2. The first-order chi connectivity index (χ1) is 9.13. The molecule has 0 fully saturated rings. The molecule has 0 unspecified atom stereocenters. The molecule has 2 aromatic rings. The molecule has 0 saturated carbocycles. The van der Waals surface area contributed by atoms with Gasteiger partial charge < -0.3 is 5.32 Å². The molecule has 0 saturated heterocycles. The van der Waals surface area contributed by atoms with Crippen LogP contribution < -0.4 is 5.32 Å². The molecule has 0 spiro atoms. The third-order valence-corrected chi connectivity index (χ3v) is 6.51. The van der Waals surface area contributed by atoms with Crippen LogP contribution in [0.2, 0.25) is 0 Å². The van der Waals surface area contributed by atoms with Crippen LogP contribution in [0.1, 0.15) is 20.8 Å². The number of halogens is 2. The predicted molar refractivity (Wildman–Crippen MR) is 84.8 cm³/mol. The van der Waals surface area contributed by atoms with Gasteiger partial charge in [0.1, 0.15) is 0 Å². The summed E-state index contributed by atoms with van der Waals surface area (Å²) in [5.41, 5.74) is 2.70. The lowest BCUT2D eigenvalue weighted by Crippen LogP contribution is -2.34. The first kappa shape index (κ1) is 13.3.